The smallest absolute Gasteiger partial charge is 0.119 e. The van der Waals surface area contributed by atoms with E-state index in [1.165, 1.54) is 89.0 Å². The molecule has 0 radical (unpaired) electrons. The minimum Gasteiger partial charge on any atom is -0.494 e. The van der Waals surface area contributed by atoms with E-state index in [1.54, 1.807) is 0 Å². The van der Waals surface area contributed by atoms with E-state index in [0.717, 1.165) is 18.8 Å². The molecule has 1 heteroatoms. The zero-order chi connectivity index (χ0) is 17.3. The second-order valence-electron chi connectivity index (χ2n) is 7.13. The van der Waals surface area contributed by atoms with Gasteiger partial charge in [-0.1, -0.05) is 96.6 Å². The molecule has 0 spiro atoms. The Morgan fingerprint density at radius 1 is 0.667 bits per heavy atom. The minimum absolute atomic E-state index is 0.821. The summed E-state index contributed by atoms with van der Waals surface area (Å²) in [6.45, 7) is 5.26. The number of benzene rings is 1. The Morgan fingerprint density at radius 2 is 1.25 bits per heavy atom. The van der Waals surface area contributed by atoms with Crippen LogP contribution in [0.1, 0.15) is 103 Å². The highest BCUT2D eigenvalue weighted by Gasteiger charge is 1.98. The summed E-state index contributed by atoms with van der Waals surface area (Å²) >= 11 is 0. The molecule has 0 aliphatic rings. The molecule has 0 fully saturated rings. The third kappa shape index (κ3) is 11.5. The molecule has 0 unspecified atom stereocenters. The zero-order valence-electron chi connectivity index (χ0n) is 16.3. The van der Waals surface area contributed by atoms with Crippen LogP contribution in [0.3, 0.4) is 0 Å². The lowest BCUT2D eigenvalue weighted by Crippen LogP contribution is -1.95. The van der Waals surface area contributed by atoms with Crippen molar-refractivity contribution in [3.8, 4) is 5.75 Å². The van der Waals surface area contributed by atoms with Crippen LogP contribution in [0.25, 0.3) is 0 Å². The van der Waals surface area contributed by atoms with Crippen molar-refractivity contribution in [3.05, 3.63) is 29.8 Å². The molecule has 0 bridgehead atoms. The fraction of sp³-hybridized carbons (Fsp3) is 0.739. The molecule has 0 aliphatic heterocycles. The van der Waals surface area contributed by atoms with Gasteiger partial charge < -0.3 is 4.74 Å². The van der Waals surface area contributed by atoms with Crippen molar-refractivity contribution in [1.82, 2.24) is 0 Å². The SMILES string of the molecule is CCCCCCCCCCCCCCc1cccc(OCCC)c1. The van der Waals surface area contributed by atoms with E-state index in [1.807, 2.05) is 0 Å². The Kier molecular flexibility index (Phi) is 13.6. The van der Waals surface area contributed by atoms with Gasteiger partial charge in [0.25, 0.3) is 0 Å². The molecule has 0 aromatic heterocycles. The first-order valence-electron chi connectivity index (χ1n) is 10.6. The predicted octanol–water partition coefficient (Wildman–Crippen LogP) is 7.72. The molecule has 1 aromatic carbocycles. The van der Waals surface area contributed by atoms with Gasteiger partial charge in [0.1, 0.15) is 5.75 Å². The summed E-state index contributed by atoms with van der Waals surface area (Å²) in [7, 11) is 0. The molecule has 1 nitrogen and oxygen atoms in total. The van der Waals surface area contributed by atoms with Crippen molar-refractivity contribution in [2.75, 3.05) is 6.61 Å². The normalized spacial score (nSPS) is 10.9. The van der Waals surface area contributed by atoms with Crippen LogP contribution in [0.4, 0.5) is 0 Å². The molecule has 24 heavy (non-hydrogen) atoms. The van der Waals surface area contributed by atoms with Crippen LogP contribution in [-0.2, 0) is 6.42 Å². The van der Waals surface area contributed by atoms with E-state index in [-0.39, 0.29) is 0 Å². The second-order valence-corrected chi connectivity index (χ2v) is 7.13. The third-order valence-corrected chi connectivity index (χ3v) is 4.69. The van der Waals surface area contributed by atoms with Gasteiger partial charge in [0.05, 0.1) is 6.61 Å². The van der Waals surface area contributed by atoms with Crippen LogP contribution >= 0.6 is 0 Å². The topological polar surface area (TPSA) is 9.23 Å². The molecule has 0 saturated carbocycles. The van der Waals surface area contributed by atoms with E-state index in [0.29, 0.717) is 0 Å². The van der Waals surface area contributed by atoms with Crippen LogP contribution in [-0.4, -0.2) is 6.61 Å². The van der Waals surface area contributed by atoms with E-state index >= 15 is 0 Å². The van der Waals surface area contributed by atoms with Gasteiger partial charge in [0, 0.05) is 0 Å². The summed E-state index contributed by atoms with van der Waals surface area (Å²) in [4.78, 5) is 0. The molecule has 0 saturated heterocycles. The summed E-state index contributed by atoms with van der Waals surface area (Å²) in [5.41, 5.74) is 1.43. The van der Waals surface area contributed by atoms with Crippen molar-refractivity contribution in [1.29, 1.82) is 0 Å². The summed E-state index contributed by atoms with van der Waals surface area (Å²) in [6, 6.07) is 8.65. The molecular formula is C23H40O. The summed E-state index contributed by atoms with van der Waals surface area (Å²) in [5.74, 6) is 1.04. The number of hydrogen-bond acceptors (Lipinski definition) is 1. The van der Waals surface area contributed by atoms with E-state index in [9.17, 15) is 0 Å². The van der Waals surface area contributed by atoms with Crippen molar-refractivity contribution >= 4 is 0 Å². The lowest BCUT2D eigenvalue weighted by atomic mass is 10.0. The summed E-state index contributed by atoms with van der Waals surface area (Å²) < 4.78 is 5.71. The number of unbranched alkanes of at least 4 members (excludes halogenated alkanes) is 11. The maximum Gasteiger partial charge on any atom is 0.119 e. The highest BCUT2D eigenvalue weighted by Crippen LogP contribution is 2.17. The molecule has 138 valence electrons. The highest BCUT2D eigenvalue weighted by atomic mass is 16.5. The van der Waals surface area contributed by atoms with E-state index in [2.05, 4.69) is 38.1 Å². The second kappa shape index (κ2) is 15.5. The Labute approximate surface area is 151 Å². The monoisotopic (exact) mass is 332 g/mol. The first-order chi connectivity index (χ1) is 11.9. The maximum atomic E-state index is 5.71. The zero-order valence-corrected chi connectivity index (χ0v) is 16.3. The summed E-state index contributed by atoms with van der Waals surface area (Å²) in [5, 5.41) is 0. The largest absolute Gasteiger partial charge is 0.494 e. The van der Waals surface area contributed by atoms with Crippen LogP contribution in [0.5, 0.6) is 5.75 Å². The maximum absolute atomic E-state index is 5.71. The Morgan fingerprint density at radius 3 is 1.83 bits per heavy atom. The molecule has 1 aromatic rings. The fourth-order valence-electron chi connectivity index (χ4n) is 3.18. The van der Waals surface area contributed by atoms with Crippen molar-refractivity contribution in [2.45, 2.75) is 104 Å². The minimum atomic E-state index is 0.821. The van der Waals surface area contributed by atoms with Crippen molar-refractivity contribution in [2.24, 2.45) is 0 Å². The van der Waals surface area contributed by atoms with Gasteiger partial charge >= 0.3 is 0 Å². The van der Waals surface area contributed by atoms with Crippen molar-refractivity contribution in [3.63, 3.8) is 0 Å². The van der Waals surface area contributed by atoms with Crippen LogP contribution < -0.4 is 4.74 Å². The molecule has 1 rings (SSSR count). The average Bonchev–Trinajstić information content (AvgIpc) is 2.61. The lowest BCUT2D eigenvalue weighted by molar-refractivity contribution is 0.317. The molecule has 0 heterocycles. The quantitative estimate of drug-likeness (QED) is 0.281. The molecular weight excluding hydrogens is 292 g/mol. The standard InChI is InChI=1S/C23H40O/c1-3-5-6-7-8-9-10-11-12-13-14-15-17-22-18-16-19-23(21-22)24-20-4-2/h16,18-19,21H,3-15,17,20H2,1-2H3. The van der Waals surface area contributed by atoms with E-state index in [4.69, 9.17) is 4.74 Å². The molecule has 0 atom stereocenters. The molecule has 0 amide bonds. The highest BCUT2D eigenvalue weighted by molar-refractivity contribution is 5.28. The van der Waals surface area contributed by atoms with E-state index < -0.39 is 0 Å². The van der Waals surface area contributed by atoms with Gasteiger partial charge in [-0.25, -0.2) is 0 Å². The van der Waals surface area contributed by atoms with Gasteiger partial charge in [-0.3, -0.25) is 0 Å². The number of hydrogen-bond donors (Lipinski definition) is 0. The third-order valence-electron chi connectivity index (χ3n) is 4.69. The lowest BCUT2D eigenvalue weighted by Gasteiger charge is -2.07. The van der Waals surface area contributed by atoms with Crippen molar-refractivity contribution < 1.29 is 4.74 Å². The van der Waals surface area contributed by atoms with Crippen LogP contribution in [0.15, 0.2) is 24.3 Å². The van der Waals surface area contributed by atoms with Crippen LogP contribution in [0.2, 0.25) is 0 Å². The first kappa shape index (κ1) is 21.1. The predicted molar refractivity (Wildman–Crippen MR) is 107 cm³/mol. The Hall–Kier alpha value is -0.980. The van der Waals surface area contributed by atoms with Gasteiger partial charge in [-0.15, -0.1) is 0 Å². The number of rotatable bonds is 16. The fourth-order valence-corrected chi connectivity index (χ4v) is 3.18. The Balaban J connectivity index is 1.93. The molecule has 0 N–H and O–H groups in total. The number of aryl methyl sites for hydroxylation is 1. The Bertz CT molecular complexity index is 385. The summed E-state index contributed by atoms with van der Waals surface area (Å²) in [6.07, 6.45) is 19.3. The van der Waals surface area contributed by atoms with Gasteiger partial charge in [-0.05, 0) is 37.0 Å². The first-order valence-corrected chi connectivity index (χ1v) is 10.6. The van der Waals surface area contributed by atoms with Gasteiger partial charge in [0.2, 0.25) is 0 Å². The van der Waals surface area contributed by atoms with Crippen LogP contribution in [0, 0.1) is 0 Å². The van der Waals surface area contributed by atoms with Gasteiger partial charge in [-0.2, -0.15) is 0 Å². The number of ether oxygens (including phenoxy) is 1. The average molecular weight is 333 g/mol. The van der Waals surface area contributed by atoms with Gasteiger partial charge in [0.15, 0.2) is 0 Å². The molecule has 0 aliphatic carbocycles.